The van der Waals surface area contributed by atoms with Gasteiger partial charge in [0.15, 0.2) is 0 Å². The van der Waals surface area contributed by atoms with E-state index in [-0.39, 0.29) is 11.3 Å². The van der Waals surface area contributed by atoms with E-state index in [4.69, 9.17) is 5.73 Å². The number of aryl methyl sites for hydroxylation is 1. The lowest BCUT2D eigenvalue weighted by Crippen LogP contribution is -2.18. The first-order valence-electron chi connectivity index (χ1n) is 6.73. The maximum atomic E-state index is 11.2. The molecule has 0 aromatic heterocycles. The van der Waals surface area contributed by atoms with Crippen LogP contribution in [0, 0.1) is 17.0 Å². The smallest absolute Gasteiger partial charge is 0.293 e. The molecule has 0 radical (unpaired) electrons. The maximum absolute atomic E-state index is 11.2. The first kappa shape index (κ1) is 15.5. The second-order valence-electron chi connectivity index (χ2n) is 5.17. The number of benzene rings is 2. The molecule has 1 amide bonds. The first-order chi connectivity index (χ1) is 10.4. The van der Waals surface area contributed by atoms with Crippen LogP contribution >= 0.6 is 0 Å². The number of nitrogens with zero attached hydrogens (tertiary/aromatic N) is 2. The second-order valence-corrected chi connectivity index (χ2v) is 5.17. The van der Waals surface area contributed by atoms with Crippen LogP contribution in [0.2, 0.25) is 0 Å². The summed E-state index contributed by atoms with van der Waals surface area (Å²) in [5, 5.41) is 11.2. The highest BCUT2D eigenvalue weighted by Crippen LogP contribution is 2.29. The molecule has 0 spiro atoms. The number of nitro benzene ring substituents is 1. The molecule has 0 aliphatic heterocycles. The van der Waals surface area contributed by atoms with Crippen LogP contribution in [0.5, 0.6) is 0 Å². The Morgan fingerprint density at radius 3 is 2.41 bits per heavy atom. The summed E-state index contributed by atoms with van der Waals surface area (Å²) in [4.78, 5) is 23.7. The van der Waals surface area contributed by atoms with E-state index in [9.17, 15) is 14.9 Å². The Kier molecular flexibility index (Phi) is 4.41. The summed E-state index contributed by atoms with van der Waals surface area (Å²) in [7, 11) is 1.77. The number of amides is 1. The number of hydrogen-bond acceptors (Lipinski definition) is 4. The van der Waals surface area contributed by atoms with Crippen molar-refractivity contribution in [2.24, 2.45) is 5.73 Å². The van der Waals surface area contributed by atoms with Gasteiger partial charge in [-0.05, 0) is 24.6 Å². The first-order valence-corrected chi connectivity index (χ1v) is 6.73. The van der Waals surface area contributed by atoms with Gasteiger partial charge in [-0.3, -0.25) is 14.9 Å². The number of nitrogens with two attached hydrogens (primary N) is 1. The molecule has 0 saturated heterocycles. The zero-order valence-electron chi connectivity index (χ0n) is 12.4. The molecule has 22 heavy (non-hydrogen) atoms. The Morgan fingerprint density at radius 2 is 1.86 bits per heavy atom. The molecule has 0 heterocycles. The fourth-order valence-corrected chi connectivity index (χ4v) is 2.20. The average Bonchev–Trinajstić information content (AvgIpc) is 2.48. The van der Waals surface area contributed by atoms with Gasteiger partial charge in [-0.2, -0.15) is 0 Å². The fourth-order valence-electron chi connectivity index (χ4n) is 2.20. The van der Waals surface area contributed by atoms with Crippen molar-refractivity contribution in [3.63, 3.8) is 0 Å². The molecule has 0 aliphatic rings. The van der Waals surface area contributed by atoms with E-state index in [1.807, 2.05) is 31.2 Å². The van der Waals surface area contributed by atoms with Crippen molar-refractivity contribution in [3.8, 4) is 0 Å². The minimum absolute atomic E-state index is 0.124. The van der Waals surface area contributed by atoms with Crippen molar-refractivity contribution in [1.82, 2.24) is 0 Å². The van der Waals surface area contributed by atoms with E-state index in [0.29, 0.717) is 12.2 Å². The fraction of sp³-hybridized carbons (Fsp3) is 0.188. The number of rotatable bonds is 5. The zero-order chi connectivity index (χ0) is 16.3. The summed E-state index contributed by atoms with van der Waals surface area (Å²) >= 11 is 0. The number of carbonyl (C=O) groups excluding carboxylic acids is 1. The average molecular weight is 299 g/mol. The van der Waals surface area contributed by atoms with Gasteiger partial charge in [0, 0.05) is 25.2 Å². The molecular formula is C16H17N3O3. The summed E-state index contributed by atoms with van der Waals surface area (Å²) in [6.45, 7) is 2.53. The van der Waals surface area contributed by atoms with E-state index < -0.39 is 10.8 Å². The lowest BCUT2D eigenvalue weighted by Gasteiger charge is -2.19. The van der Waals surface area contributed by atoms with Crippen molar-refractivity contribution in [1.29, 1.82) is 0 Å². The Balaban J connectivity index is 2.32. The van der Waals surface area contributed by atoms with Gasteiger partial charge in [-0.15, -0.1) is 0 Å². The van der Waals surface area contributed by atoms with E-state index in [1.54, 1.807) is 18.0 Å². The third-order valence-corrected chi connectivity index (χ3v) is 3.41. The van der Waals surface area contributed by atoms with Gasteiger partial charge in [0.25, 0.3) is 5.69 Å². The quantitative estimate of drug-likeness (QED) is 0.679. The molecular weight excluding hydrogens is 282 g/mol. The molecule has 2 aromatic carbocycles. The van der Waals surface area contributed by atoms with Gasteiger partial charge < -0.3 is 10.6 Å². The topological polar surface area (TPSA) is 89.5 Å². The van der Waals surface area contributed by atoms with Crippen LogP contribution in [0.15, 0.2) is 42.5 Å². The van der Waals surface area contributed by atoms with E-state index >= 15 is 0 Å². The summed E-state index contributed by atoms with van der Waals surface area (Å²) in [6.07, 6.45) is 0. The summed E-state index contributed by atoms with van der Waals surface area (Å²) in [5.41, 5.74) is 7.80. The van der Waals surface area contributed by atoms with E-state index in [0.717, 1.165) is 11.1 Å². The van der Waals surface area contributed by atoms with E-state index in [1.165, 1.54) is 12.1 Å². The van der Waals surface area contributed by atoms with Crippen LogP contribution in [0.3, 0.4) is 0 Å². The van der Waals surface area contributed by atoms with Crippen LogP contribution in [0.4, 0.5) is 11.4 Å². The third kappa shape index (κ3) is 3.41. The lowest BCUT2D eigenvalue weighted by atomic mass is 10.1. The monoisotopic (exact) mass is 299 g/mol. The zero-order valence-corrected chi connectivity index (χ0v) is 12.4. The van der Waals surface area contributed by atoms with Crippen molar-refractivity contribution in [3.05, 3.63) is 69.3 Å². The Labute approximate surface area is 128 Å². The molecule has 2 rings (SSSR count). The summed E-state index contributed by atoms with van der Waals surface area (Å²) < 4.78 is 0. The molecule has 2 N–H and O–H groups in total. The molecule has 0 unspecified atom stereocenters. The summed E-state index contributed by atoms with van der Waals surface area (Å²) in [6, 6.07) is 12.2. The minimum atomic E-state index is -0.684. The SMILES string of the molecule is Cc1ccc(CN(C)c2ccc(C(N)=O)cc2[N+](=O)[O-])cc1. The van der Waals surface area contributed by atoms with Crippen LogP contribution in [-0.2, 0) is 6.54 Å². The molecule has 6 heteroatoms. The molecule has 0 atom stereocenters. The highest BCUT2D eigenvalue weighted by molar-refractivity contribution is 5.94. The molecule has 0 saturated carbocycles. The largest absolute Gasteiger partial charge is 0.366 e. The Morgan fingerprint density at radius 1 is 1.23 bits per heavy atom. The van der Waals surface area contributed by atoms with Gasteiger partial charge in [-0.1, -0.05) is 29.8 Å². The maximum Gasteiger partial charge on any atom is 0.293 e. The Hall–Kier alpha value is -2.89. The van der Waals surface area contributed by atoms with Gasteiger partial charge >= 0.3 is 0 Å². The van der Waals surface area contributed by atoms with Gasteiger partial charge in [0.2, 0.25) is 5.91 Å². The summed E-state index contributed by atoms with van der Waals surface area (Å²) in [5.74, 6) is -0.684. The van der Waals surface area contributed by atoms with Crippen molar-refractivity contribution >= 4 is 17.3 Å². The number of hydrogen-bond donors (Lipinski definition) is 1. The lowest BCUT2D eigenvalue weighted by molar-refractivity contribution is -0.384. The third-order valence-electron chi connectivity index (χ3n) is 3.41. The highest BCUT2D eigenvalue weighted by Gasteiger charge is 2.19. The number of primary amides is 1. The van der Waals surface area contributed by atoms with Crippen LogP contribution < -0.4 is 10.6 Å². The second kappa shape index (κ2) is 6.26. The van der Waals surface area contributed by atoms with Gasteiger partial charge in [0.1, 0.15) is 5.69 Å². The van der Waals surface area contributed by atoms with E-state index in [2.05, 4.69) is 0 Å². The van der Waals surface area contributed by atoms with Crippen LogP contribution in [-0.4, -0.2) is 17.9 Å². The predicted molar refractivity (Wildman–Crippen MR) is 84.9 cm³/mol. The number of nitro groups is 1. The number of carbonyl (C=O) groups is 1. The van der Waals surface area contributed by atoms with Crippen molar-refractivity contribution in [2.75, 3.05) is 11.9 Å². The van der Waals surface area contributed by atoms with Crippen molar-refractivity contribution < 1.29 is 9.72 Å². The van der Waals surface area contributed by atoms with Crippen molar-refractivity contribution in [2.45, 2.75) is 13.5 Å². The molecule has 2 aromatic rings. The molecule has 6 nitrogen and oxygen atoms in total. The molecule has 0 aliphatic carbocycles. The van der Waals surface area contributed by atoms with Gasteiger partial charge in [0.05, 0.1) is 4.92 Å². The highest BCUT2D eigenvalue weighted by atomic mass is 16.6. The van der Waals surface area contributed by atoms with Crippen LogP contribution in [0.1, 0.15) is 21.5 Å². The standard InChI is InChI=1S/C16H17N3O3/c1-11-3-5-12(6-4-11)10-18(2)14-8-7-13(16(17)20)9-15(14)19(21)22/h3-9H,10H2,1-2H3,(H2,17,20). The van der Waals surface area contributed by atoms with Crippen LogP contribution in [0.25, 0.3) is 0 Å². The Bertz CT molecular complexity index is 711. The predicted octanol–water partition coefficient (Wildman–Crippen LogP) is 2.64. The molecule has 0 fully saturated rings. The molecule has 0 bridgehead atoms. The van der Waals surface area contributed by atoms with Gasteiger partial charge in [-0.25, -0.2) is 0 Å². The minimum Gasteiger partial charge on any atom is -0.366 e. The molecule has 114 valence electrons. The number of anilines is 1. The normalized spacial score (nSPS) is 10.3.